The number of carbonyl (C=O) groups excluding carboxylic acids is 2. The second kappa shape index (κ2) is 9.45. The van der Waals surface area contributed by atoms with Crippen LogP contribution in [-0.2, 0) is 9.59 Å². The Kier molecular flexibility index (Phi) is 6.71. The van der Waals surface area contributed by atoms with Gasteiger partial charge in [-0.15, -0.1) is 0 Å². The summed E-state index contributed by atoms with van der Waals surface area (Å²) >= 11 is 0. The quantitative estimate of drug-likeness (QED) is 0.774. The molecule has 3 heterocycles. The Morgan fingerprint density at radius 2 is 1.63 bits per heavy atom. The Labute approximate surface area is 179 Å². The third-order valence-electron chi connectivity index (χ3n) is 6.72. The molecule has 0 bridgehead atoms. The van der Waals surface area contributed by atoms with Gasteiger partial charge in [-0.25, -0.2) is 5.43 Å². The van der Waals surface area contributed by atoms with Gasteiger partial charge in [-0.1, -0.05) is 44.2 Å². The predicted octanol–water partition coefficient (Wildman–Crippen LogP) is 1.10. The maximum Gasteiger partial charge on any atom is 0.236 e. The lowest BCUT2D eigenvalue weighted by Crippen LogP contribution is -2.54. The second-order valence-electron chi connectivity index (χ2n) is 9.37. The van der Waals surface area contributed by atoms with Crippen molar-refractivity contribution in [1.82, 2.24) is 25.6 Å². The summed E-state index contributed by atoms with van der Waals surface area (Å²) in [7, 11) is 0. The van der Waals surface area contributed by atoms with Gasteiger partial charge in [-0.05, 0) is 23.8 Å². The first-order valence-electron chi connectivity index (χ1n) is 11.3. The second-order valence-corrected chi connectivity index (χ2v) is 9.37. The molecule has 3 aliphatic rings. The molecule has 7 heteroatoms. The van der Waals surface area contributed by atoms with Crippen molar-refractivity contribution in [3.05, 3.63) is 35.9 Å². The fraction of sp³-hybridized carbons (Fsp3) is 0.652. The minimum Gasteiger partial charge on any atom is -0.341 e. The summed E-state index contributed by atoms with van der Waals surface area (Å²) < 4.78 is 0. The minimum absolute atomic E-state index is 0.00129. The molecule has 30 heavy (non-hydrogen) atoms. The Bertz CT molecular complexity index is 724. The maximum atomic E-state index is 13.2. The zero-order chi connectivity index (χ0) is 21.1. The highest BCUT2D eigenvalue weighted by Crippen LogP contribution is 2.27. The zero-order valence-electron chi connectivity index (χ0n) is 18.2. The number of carbonyl (C=O) groups is 2. The molecule has 0 radical (unpaired) electrons. The number of hydrazine groups is 1. The average molecular weight is 414 g/mol. The van der Waals surface area contributed by atoms with Gasteiger partial charge in [-0.2, -0.15) is 0 Å². The highest BCUT2D eigenvalue weighted by atomic mass is 16.2. The molecule has 0 aromatic heterocycles. The molecule has 0 saturated carbocycles. The van der Waals surface area contributed by atoms with Crippen LogP contribution in [-0.4, -0.2) is 78.9 Å². The monoisotopic (exact) mass is 413 g/mol. The van der Waals surface area contributed by atoms with Crippen LogP contribution >= 0.6 is 0 Å². The fourth-order valence-electron chi connectivity index (χ4n) is 5.22. The number of rotatable bonds is 4. The number of benzene rings is 1. The van der Waals surface area contributed by atoms with E-state index in [1.54, 1.807) is 0 Å². The Morgan fingerprint density at radius 1 is 0.967 bits per heavy atom. The van der Waals surface area contributed by atoms with Gasteiger partial charge < -0.3 is 9.80 Å². The van der Waals surface area contributed by atoms with E-state index in [1.165, 1.54) is 6.42 Å². The smallest absolute Gasteiger partial charge is 0.236 e. The van der Waals surface area contributed by atoms with Crippen LogP contribution in [0.5, 0.6) is 0 Å². The van der Waals surface area contributed by atoms with Crippen molar-refractivity contribution >= 4 is 11.8 Å². The highest BCUT2D eigenvalue weighted by Gasteiger charge is 2.37. The van der Waals surface area contributed by atoms with Crippen molar-refractivity contribution in [2.24, 2.45) is 17.8 Å². The van der Waals surface area contributed by atoms with Gasteiger partial charge in [0.1, 0.15) is 0 Å². The molecule has 1 aromatic rings. The van der Waals surface area contributed by atoms with Crippen LogP contribution in [0.2, 0.25) is 0 Å². The van der Waals surface area contributed by atoms with E-state index in [-0.39, 0.29) is 23.8 Å². The van der Waals surface area contributed by atoms with Crippen LogP contribution in [0, 0.1) is 17.8 Å². The molecule has 2 N–H and O–H groups in total. The van der Waals surface area contributed by atoms with Gasteiger partial charge in [-0.3, -0.25) is 19.9 Å². The van der Waals surface area contributed by atoms with Crippen LogP contribution in [0.25, 0.3) is 0 Å². The van der Waals surface area contributed by atoms with E-state index in [0.29, 0.717) is 38.0 Å². The highest BCUT2D eigenvalue weighted by molar-refractivity contribution is 5.81. The van der Waals surface area contributed by atoms with Crippen LogP contribution in [0.15, 0.2) is 30.3 Å². The summed E-state index contributed by atoms with van der Waals surface area (Å²) in [4.78, 5) is 32.2. The predicted molar refractivity (Wildman–Crippen MR) is 116 cm³/mol. The van der Waals surface area contributed by atoms with E-state index in [0.717, 1.165) is 31.7 Å². The summed E-state index contributed by atoms with van der Waals surface area (Å²) in [6.45, 7) is 10.2. The molecular weight excluding hydrogens is 378 g/mol. The van der Waals surface area contributed by atoms with E-state index in [9.17, 15) is 9.59 Å². The molecule has 164 valence electrons. The molecule has 3 aliphatic heterocycles. The normalized spacial score (nSPS) is 30.5. The van der Waals surface area contributed by atoms with Gasteiger partial charge >= 0.3 is 0 Å². The fourth-order valence-corrected chi connectivity index (χ4v) is 5.22. The van der Waals surface area contributed by atoms with E-state index >= 15 is 0 Å². The topological polar surface area (TPSA) is 67.9 Å². The maximum absolute atomic E-state index is 13.2. The van der Waals surface area contributed by atoms with Crippen molar-refractivity contribution in [3.8, 4) is 0 Å². The van der Waals surface area contributed by atoms with E-state index in [2.05, 4.69) is 41.7 Å². The average Bonchev–Trinajstić information content (AvgIpc) is 3.23. The number of nitrogens with zero attached hydrogens (tertiary/aromatic N) is 3. The van der Waals surface area contributed by atoms with Crippen molar-refractivity contribution in [3.63, 3.8) is 0 Å². The number of piperazine rings is 1. The Balaban J connectivity index is 1.28. The summed E-state index contributed by atoms with van der Waals surface area (Å²) in [5.74, 6) is 1.50. The lowest BCUT2D eigenvalue weighted by Gasteiger charge is -2.39. The van der Waals surface area contributed by atoms with Crippen molar-refractivity contribution < 1.29 is 9.59 Å². The van der Waals surface area contributed by atoms with Crippen LogP contribution in [0.1, 0.15) is 31.9 Å². The molecule has 3 saturated heterocycles. The number of likely N-dealkylation sites (tertiary alicyclic amines) is 1. The molecular formula is C23H35N5O2. The molecule has 3 fully saturated rings. The number of hydrogen-bond acceptors (Lipinski definition) is 5. The number of piperidine rings is 1. The summed E-state index contributed by atoms with van der Waals surface area (Å²) in [5, 5.41) is 0. The minimum atomic E-state index is -0.100. The zero-order valence-corrected chi connectivity index (χ0v) is 18.2. The molecule has 0 spiro atoms. The molecule has 2 amide bonds. The van der Waals surface area contributed by atoms with Gasteiger partial charge in [0, 0.05) is 45.8 Å². The van der Waals surface area contributed by atoms with E-state index < -0.39 is 0 Å². The van der Waals surface area contributed by atoms with Crippen molar-refractivity contribution in [2.45, 2.75) is 26.3 Å². The lowest BCUT2D eigenvalue weighted by molar-refractivity contribution is -0.139. The standard InChI is InChI=1S/C23H35N5O2/c1-17-12-18(2)15-28(14-17)21(29)16-26-8-10-27(11-9-26)23(30)20-13-24-25-22(20)19-6-4-3-5-7-19/h3-7,17-18,20,22,24-25H,8-16H2,1-2H3. The lowest BCUT2D eigenvalue weighted by atomic mass is 9.92. The largest absolute Gasteiger partial charge is 0.341 e. The molecule has 4 atom stereocenters. The van der Waals surface area contributed by atoms with Gasteiger partial charge in [0.25, 0.3) is 0 Å². The number of nitrogens with one attached hydrogen (secondary N) is 2. The Hall–Kier alpha value is -1.96. The third-order valence-corrected chi connectivity index (χ3v) is 6.72. The summed E-state index contributed by atoms with van der Waals surface area (Å²) in [5.41, 5.74) is 7.56. The van der Waals surface area contributed by atoms with Crippen LogP contribution in [0.3, 0.4) is 0 Å². The number of hydrogen-bond donors (Lipinski definition) is 2. The molecule has 0 aliphatic carbocycles. The van der Waals surface area contributed by atoms with Crippen LogP contribution < -0.4 is 10.9 Å². The van der Waals surface area contributed by atoms with Crippen molar-refractivity contribution in [1.29, 1.82) is 0 Å². The molecule has 4 rings (SSSR count). The first kappa shape index (κ1) is 21.3. The van der Waals surface area contributed by atoms with Crippen molar-refractivity contribution in [2.75, 3.05) is 52.4 Å². The first-order valence-corrected chi connectivity index (χ1v) is 11.3. The number of amides is 2. The van der Waals surface area contributed by atoms with E-state index in [1.807, 2.05) is 28.0 Å². The molecule has 7 nitrogen and oxygen atoms in total. The SMILES string of the molecule is CC1CC(C)CN(C(=O)CN2CCN(C(=O)C3CNNC3c3ccccc3)CC2)C1. The molecule has 4 unspecified atom stereocenters. The van der Waals surface area contributed by atoms with Gasteiger partial charge in [0.05, 0.1) is 18.5 Å². The third kappa shape index (κ3) is 4.85. The first-order chi connectivity index (χ1) is 14.5. The van der Waals surface area contributed by atoms with Gasteiger partial charge in [0.15, 0.2) is 0 Å². The van der Waals surface area contributed by atoms with Gasteiger partial charge in [0.2, 0.25) is 11.8 Å². The van der Waals surface area contributed by atoms with Crippen LogP contribution in [0.4, 0.5) is 0 Å². The Morgan fingerprint density at radius 3 is 2.30 bits per heavy atom. The van der Waals surface area contributed by atoms with E-state index in [4.69, 9.17) is 0 Å². The summed E-state index contributed by atoms with van der Waals surface area (Å²) in [6, 6.07) is 10.1. The molecule has 1 aromatic carbocycles. The summed E-state index contributed by atoms with van der Waals surface area (Å²) in [6.07, 6.45) is 1.21.